The highest BCUT2D eigenvalue weighted by molar-refractivity contribution is 6.05. The van der Waals surface area contributed by atoms with Crippen LogP contribution in [0.5, 0.6) is 5.75 Å². The Kier molecular flexibility index (Phi) is 4.67. The number of ether oxygens (including phenoxy) is 1. The summed E-state index contributed by atoms with van der Waals surface area (Å²) < 4.78 is 7.02. The first kappa shape index (κ1) is 17.6. The maximum absolute atomic E-state index is 12.6. The van der Waals surface area contributed by atoms with E-state index in [9.17, 15) is 9.59 Å². The van der Waals surface area contributed by atoms with Gasteiger partial charge in [0, 0.05) is 54.6 Å². The fourth-order valence-electron chi connectivity index (χ4n) is 3.04. The van der Waals surface area contributed by atoms with E-state index in [2.05, 4.69) is 15.7 Å². The Labute approximate surface area is 161 Å². The first-order valence-electron chi connectivity index (χ1n) is 8.80. The van der Waals surface area contributed by atoms with E-state index in [4.69, 9.17) is 4.74 Å². The summed E-state index contributed by atoms with van der Waals surface area (Å²) in [5.74, 6) is 0.357. The van der Waals surface area contributed by atoms with Crippen LogP contribution in [-0.4, -0.2) is 41.9 Å². The molecule has 0 unspecified atom stereocenters. The van der Waals surface area contributed by atoms with Crippen molar-refractivity contribution in [1.29, 1.82) is 0 Å². The van der Waals surface area contributed by atoms with Gasteiger partial charge in [-0.05, 0) is 36.4 Å². The minimum absolute atomic E-state index is 0.125. The number of carbonyl (C=O) groups is 2. The molecule has 8 nitrogen and oxygen atoms in total. The molecule has 1 fully saturated rings. The summed E-state index contributed by atoms with van der Waals surface area (Å²) in [5, 5.41) is 9.84. The van der Waals surface area contributed by atoms with Crippen molar-refractivity contribution in [2.24, 2.45) is 0 Å². The minimum Gasteiger partial charge on any atom is -0.497 e. The van der Waals surface area contributed by atoms with Crippen LogP contribution in [0.1, 0.15) is 10.4 Å². The van der Waals surface area contributed by atoms with Crippen molar-refractivity contribution < 1.29 is 14.3 Å². The third kappa shape index (κ3) is 3.52. The van der Waals surface area contributed by atoms with Crippen LogP contribution >= 0.6 is 0 Å². The lowest BCUT2D eigenvalue weighted by Gasteiger charge is -2.14. The van der Waals surface area contributed by atoms with E-state index < -0.39 is 0 Å². The fourth-order valence-corrected chi connectivity index (χ4v) is 3.04. The van der Waals surface area contributed by atoms with Gasteiger partial charge in [0.2, 0.25) is 0 Å². The predicted octanol–water partition coefficient (Wildman–Crippen LogP) is 2.66. The third-order valence-corrected chi connectivity index (χ3v) is 4.45. The van der Waals surface area contributed by atoms with E-state index in [-0.39, 0.29) is 11.9 Å². The number of amides is 3. The number of nitrogens with one attached hydrogen (secondary N) is 2. The van der Waals surface area contributed by atoms with Crippen molar-refractivity contribution >= 4 is 23.3 Å². The summed E-state index contributed by atoms with van der Waals surface area (Å²) in [7, 11) is 1.57. The maximum atomic E-state index is 12.6. The van der Waals surface area contributed by atoms with E-state index in [1.54, 1.807) is 53.2 Å². The molecule has 2 N–H and O–H groups in total. The number of methoxy groups -OCH3 is 1. The molecule has 1 saturated heterocycles. The number of aromatic nitrogens is 2. The SMILES string of the molecule is COc1cc(NC(=O)c2ccc(N3CCNC3=O)cc2)cc(-n2cccn2)c1. The zero-order valence-electron chi connectivity index (χ0n) is 15.3. The molecule has 28 heavy (non-hydrogen) atoms. The molecule has 2 heterocycles. The Morgan fingerprint density at radius 3 is 2.64 bits per heavy atom. The Morgan fingerprint density at radius 1 is 1.18 bits per heavy atom. The average molecular weight is 377 g/mol. The number of carbonyl (C=O) groups excluding carboxylic acids is 2. The Hall–Kier alpha value is -3.81. The predicted molar refractivity (Wildman–Crippen MR) is 105 cm³/mol. The van der Waals surface area contributed by atoms with Crippen LogP contribution in [0.15, 0.2) is 60.9 Å². The molecule has 8 heteroatoms. The van der Waals surface area contributed by atoms with Crippen LogP contribution in [-0.2, 0) is 0 Å². The molecule has 1 aliphatic heterocycles. The number of hydrogen-bond acceptors (Lipinski definition) is 4. The van der Waals surface area contributed by atoms with Gasteiger partial charge in [-0.3, -0.25) is 9.69 Å². The molecule has 4 rings (SSSR count). The highest BCUT2D eigenvalue weighted by Gasteiger charge is 2.21. The average Bonchev–Trinajstić information content (AvgIpc) is 3.39. The lowest BCUT2D eigenvalue weighted by atomic mass is 10.1. The molecule has 0 saturated carbocycles. The highest BCUT2D eigenvalue weighted by Crippen LogP contribution is 2.24. The van der Waals surface area contributed by atoms with Gasteiger partial charge in [-0.25, -0.2) is 9.48 Å². The second-order valence-electron chi connectivity index (χ2n) is 6.25. The van der Waals surface area contributed by atoms with Gasteiger partial charge < -0.3 is 15.4 Å². The lowest BCUT2D eigenvalue weighted by Crippen LogP contribution is -2.27. The zero-order chi connectivity index (χ0) is 19.5. The number of nitrogens with zero attached hydrogens (tertiary/aromatic N) is 3. The molecule has 1 aromatic heterocycles. The van der Waals surface area contributed by atoms with E-state index in [0.29, 0.717) is 30.1 Å². The molecule has 0 radical (unpaired) electrons. The molecular formula is C20H19N5O3. The Balaban J connectivity index is 1.53. The lowest BCUT2D eigenvalue weighted by molar-refractivity contribution is 0.102. The third-order valence-electron chi connectivity index (χ3n) is 4.45. The number of benzene rings is 2. The summed E-state index contributed by atoms with van der Waals surface area (Å²) >= 11 is 0. The van der Waals surface area contributed by atoms with Gasteiger partial charge in [-0.2, -0.15) is 5.10 Å². The molecule has 0 spiro atoms. The number of hydrogen-bond donors (Lipinski definition) is 2. The van der Waals surface area contributed by atoms with E-state index >= 15 is 0 Å². The summed E-state index contributed by atoms with van der Waals surface area (Å²) in [5.41, 5.74) is 2.62. The van der Waals surface area contributed by atoms with Crippen molar-refractivity contribution in [2.45, 2.75) is 0 Å². The van der Waals surface area contributed by atoms with Crippen molar-refractivity contribution in [3.8, 4) is 11.4 Å². The first-order chi connectivity index (χ1) is 13.6. The smallest absolute Gasteiger partial charge is 0.321 e. The Morgan fingerprint density at radius 2 is 2.00 bits per heavy atom. The van der Waals surface area contributed by atoms with Gasteiger partial charge in [-0.15, -0.1) is 0 Å². The summed E-state index contributed by atoms with van der Waals surface area (Å²) in [6, 6.07) is 14.0. The first-order valence-corrected chi connectivity index (χ1v) is 8.80. The van der Waals surface area contributed by atoms with E-state index in [1.165, 1.54) is 0 Å². The molecular weight excluding hydrogens is 358 g/mol. The topological polar surface area (TPSA) is 88.5 Å². The van der Waals surface area contributed by atoms with Gasteiger partial charge >= 0.3 is 6.03 Å². The monoisotopic (exact) mass is 377 g/mol. The van der Waals surface area contributed by atoms with E-state index in [0.717, 1.165) is 11.4 Å². The second-order valence-corrected chi connectivity index (χ2v) is 6.25. The molecule has 3 amide bonds. The summed E-state index contributed by atoms with van der Waals surface area (Å²) in [4.78, 5) is 26.0. The second kappa shape index (κ2) is 7.43. The standard InChI is InChI=1S/C20H19N5O3/c1-28-18-12-15(11-17(13-18)25-9-2-7-22-25)23-19(26)14-3-5-16(6-4-14)24-10-8-21-20(24)27/h2-7,9,11-13H,8,10H2,1H3,(H,21,27)(H,23,26). The molecule has 0 atom stereocenters. The summed E-state index contributed by atoms with van der Waals surface area (Å²) in [6.45, 7) is 1.24. The zero-order valence-corrected chi connectivity index (χ0v) is 15.3. The van der Waals surface area contributed by atoms with E-state index in [1.807, 2.05) is 24.4 Å². The van der Waals surface area contributed by atoms with Crippen LogP contribution in [0.3, 0.4) is 0 Å². The number of urea groups is 1. The molecule has 2 aromatic carbocycles. The van der Waals surface area contributed by atoms with Crippen LogP contribution in [0.2, 0.25) is 0 Å². The van der Waals surface area contributed by atoms with Gasteiger partial charge in [0.25, 0.3) is 5.91 Å². The fraction of sp³-hybridized carbons (Fsp3) is 0.150. The molecule has 0 bridgehead atoms. The van der Waals surface area contributed by atoms with Crippen LogP contribution < -0.4 is 20.3 Å². The van der Waals surface area contributed by atoms with Crippen LogP contribution in [0.4, 0.5) is 16.2 Å². The van der Waals surface area contributed by atoms with Crippen molar-refractivity contribution in [3.63, 3.8) is 0 Å². The van der Waals surface area contributed by atoms with Crippen molar-refractivity contribution in [3.05, 3.63) is 66.5 Å². The summed E-state index contributed by atoms with van der Waals surface area (Å²) in [6.07, 6.45) is 3.49. The van der Waals surface area contributed by atoms with Gasteiger partial charge in [0.15, 0.2) is 0 Å². The van der Waals surface area contributed by atoms with Gasteiger partial charge in [0.1, 0.15) is 5.75 Å². The molecule has 0 aliphatic carbocycles. The van der Waals surface area contributed by atoms with Gasteiger partial charge in [0.05, 0.1) is 12.8 Å². The number of rotatable bonds is 5. The molecule has 3 aromatic rings. The molecule has 142 valence electrons. The number of anilines is 2. The normalized spacial score (nSPS) is 13.3. The maximum Gasteiger partial charge on any atom is 0.321 e. The van der Waals surface area contributed by atoms with Crippen molar-refractivity contribution in [2.75, 3.05) is 30.4 Å². The van der Waals surface area contributed by atoms with Crippen LogP contribution in [0.25, 0.3) is 5.69 Å². The van der Waals surface area contributed by atoms with Gasteiger partial charge in [-0.1, -0.05) is 0 Å². The quantitative estimate of drug-likeness (QED) is 0.715. The van der Waals surface area contributed by atoms with Crippen LogP contribution in [0, 0.1) is 0 Å². The highest BCUT2D eigenvalue weighted by atomic mass is 16.5. The molecule has 1 aliphatic rings. The minimum atomic E-state index is -0.253. The Bertz CT molecular complexity index is 999. The largest absolute Gasteiger partial charge is 0.497 e. The van der Waals surface area contributed by atoms with Crippen molar-refractivity contribution in [1.82, 2.24) is 15.1 Å².